The highest BCUT2D eigenvalue weighted by molar-refractivity contribution is 5.84. The van der Waals surface area contributed by atoms with Crippen molar-refractivity contribution in [3.63, 3.8) is 0 Å². The Morgan fingerprint density at radius 3 is 2.55 bits per heavy atom. The van der Waals surface area contributed by atoms with Crippen LogP contribution in [0, 0.1) is 11.3 Å². The summed E-state index contributed by atoms with van der Waals surface area (Å²) in [5.74, 6) is 1.70. The van der Waals surface area contributed by atoms with Crippen LogP contribution in [0.5, 0.6) is 11.5 Å². The van der Waals surface area contributed by atoms with Crippen molar-refractivity contribution in [1.82, 2.24) is 0 Å². The van der Waals surface area contributed by atoms with Crippen molar-refractivity contribution in [2.75, 3.05) is 14.2 Å². The van der Waals surface area contributed by atoms with Crippen molar-refractivity contribution in [3.8, 4) is 11.5 Å². The third kappa shape index (κ3) is 1.97. The van der Waals surface area contributed by atoms with E-state index in [-0.39, 0.29) is 11.7 Å². The van der Waals surface area contributed by atoms with Gasteiger partial charge in [0.05, 0.1) is 25.7 Å². The van der Waals surface area contributed by atoms with E-state index in [1.54, 1.807) is 21.1 Å². The monoisotopic (exact) mass is 304 g/mol. The van der Waals surface area contributed by atoms with E-state index in [9.17, 15) is 9.90 Å². The minimum atomic E-state index is -0.816. The molecule has 120 valence electrons. The molecule has 1 saturated carbocycles. The van der Waals surface area contributed by atoms with E-state index in [1.165, 1.54) is 0 Å². The fraction of sp³-hybridized carbons (Fsp3) is 0.611. The molecule has 0 aliphatic heterocycles. The molecule has 0 unspecified atom stereocenters. The number of benzene rings is 1. The second-order valence-electron chi connectivity index (χ2n) is 6.51. The number of aliphatic hydroxyl groups is 1. The van der Waals surface area contributed by atoms with Crippen molar-refractivity contribution >= 4 is 5.78 Å². The first kappa shape index (κ1) is 15.3. The molecule has 3 rings (SSSR count). The van der Waals surface area contributed by atoms with Crippen molar-refractivity contribution < 1.29 is 19.4 Å². The average molecular weight is 304 g/mol. The van der Waals surface area contributed by atoms with Gasteiger partial charge in [-0.15, -0.1) is 0 Å². The first-order valence-corrected chi connectivity index (χ1v) is 7.99. The SMILES string of the molecule is COc1ccc(OC)c2c1C[C@@H]1CCCC[C@]1(C(C)=O)[C@H]2O. The van der Waals surface area contributed by atoms with Gasteiger partial charge in [0.15, 0.2) is 0 Å². The molecule has 0 radical (unpaired) electrons. The van der Waals surface area contributed by atoms with Crippen LogP contribution in [0.4, 0.5) is 0 Å². The lowest BCUT2D eigenvalue weighted by molar-refractivity contribution is -0.145. The van der Waals surface area contributed by atoms with Crippen LogP contribution in [0.1, 0.15) is 49.8 Å². The lowest BCUT2D eigenvalue weighted by Gasteiger charge is -2.49. The lowest BCUT2D eigenvalue weighted by atomic mass is 9.55. The first-order chi connectivity index (χ1) is 10.6. The van der Waals surface area contributed by atoms with Gasteiger partial charge < -0.3 is 14.6 Å². The van der Waals surface area contributed by atoms with Crippen LogP contribution in [-0.4, -0.2) is 25.1 Å². The number of aliphatic hydroxyl groups excluding tert-OH is 1. The highest BCUT2D eigenvalue weighted by Gasteiger charge is 2.54. The number of carbonyl (C=O) groups is 1. The van der Waals surface area contributed by atoms with Crippen LogP contribution in [0.15, 0.2) is 12.1 Å². The summed E-state index contributed by atoms with van der Waals surface area (Å²) in [5.41, 5.74) is 1.08. The first-order valence-electron chi connectivity index (χ1n) is 7.99. The lowest BCUT2D eigenvalue weighted by Crippen LogP contribution is -2.48. The van der Waals surface area contributed by atoms with Crippen molar-refractivity contribution in [2.45, 2.75) is 45.1 Å². The Morgan fingerprint density at radius 2 is 1.91 bits per heavy atom. The predicted octanol–water partition coefficient (Wildman–Crippen LogP) is 3.06. The number of ether oxygens (including phenoxy) is 2. The number of methoxy groups -OCH3 is 2. The van der Waals surface area contributed by atoms with Crippen LogP contribution >= 0.6 is 0 Å². The van der Waals surface area contributed by atoms with Gasteiger partial charge in [-0.25, -0.2) is 0 Å². The normalized spacial score (nSPS) is 30.2. The Kier molecular flexibility index (Phi) is 3.89. The number of rotatable bonds is 3. The maximum Gasteiger partial charge on any atom is 0.139 e. The molecule has 0 amide bonds. The average Bonchev–Trinajstić information content (AvgIpc) is 2.53. The molecule has 1 fully saturated rings. The molecule has 22 heavy (non-hydrogen) atoms. The largest absolute Gasteiger partial charge is 0.496 e. The van der Waals surface area contributed by atoms with E-state index in [0.29, 0.717) is 5.75 Å². The molecule has 3 atom stereocenters. The van der Waals surface area contributed by atoms with E-state index in [0.717, 1.165) is 49.0 Å². The number of ketones is 1. The maximum absolute atomic E-state index is 12.5. The van der Waals surface area contributed by atoms with Crippen LogP contribution in [0.25, 0.3) is 0 Å². The van der Waals surface area contributed by atoms with Gasteiger partial charge in [0.2, 0.25) is 0 Å². The van der Waals surface area contributed by atoms with Gasteiger partial charge in [-0.2, -0.15) is 0 Å². The summed E-state index contributed by atoms with van der Waals surface area (Å²) in [6.45, 7) is 1.62. The van der Waals surface area contributed by atoms with E-state index < -0.39 is 11.5 Å². The molecule has 1 aromatic carbocycles. The molecular weight excluding hydrogens is 280 g/mol. The fourth-order valence-corrected chi connectivity index (χ4v) is 4.58. The summed E-state index contributed by atoms with van der Waals surface area (Å²) < 4.78 is 10.9. The molecule has 0 heterocycles. The third-order valence-corrected chi connectivity index (χ3v) is 5.70. The molecule has 4 heteroatoms. The molecule has 0 bridgehead atoms. The predicted molar refractivity (Wildman–Crippen MR) is 83.3 cm³/mol. The Bertz CT molecular complexity index is 595. The van der Waals surface area contributed by atoms with Crippen LogP contribution < -0.4 is 9.47 Å². The Balaban J connectivity index is 2.21. The van der Waals surface area contributed by atoms with Crippen molar-refractivity contribution in [1.29, 1.82) is 0 Å². The summed E-state index contributed by atoms with van der Waals surface area (Å²) in [4.78, 5) is 12.5. The van der Waals surface area contributed by atoms with Gasteiger partial charge in [0.1, 0.15) is 17.3 Å². The Morgan fingerprint density at radius 1 is 1.23 bits per heavy atom. The highest BCUT2D eigenvalue weighted by Crippen LogP contribution is 2.58. The Hall–Kier alpha value is -1.55. The minimum Gasteiger partial charge on any atom is -0.496 e. The van der Waals surface area contributed by atoms with Gasteiger partial charge in [0, 0.05) is 11.1 Å². The van der Waals surface area contributed by atoms with E-state index in [1.807, 2.05) is 12.1 Å². The molecule has 1 aromatic rings. The molecule has 2 aliphatic carbocycles. The zero-order valence-electron chi connectivity index (χ0n) is 13.5. The van der Waals surface area contributed by atoms with E-state index >= 15 is 0 Å². The summed E-state index contributed by atoms with van der Waals surface area (Å²) in [6, 6.07) is 3.70. The number of hydrogen-bond donors (Lipinski definition) is 1. The van der Waals surface area contributed by atoms with Gasteiger partial charge in [-0.1, -0.05) is 12.8 Å². The fourth-order valence-electron chi connectivity index (χ4n) is 4.58. The molecule has 4 nitrogen and oxygen atoms in total. The Labute approximate surface area is 131 Å². The highest BCUT2D eigenvalue weighted by atomic mass is 16.5. The summed E-state index contributed by atoms with van der Waals surface area (Å²) in [6.07, 6.45) is 3.81. The van der Waals surface area contributed by atoms with Crippen molar-refractivity contribution in [2.24, 2.45) is 11.3 Å². The molecule has 2 aliphatic rings. The molecular formula is C18H24O4. The number of Topliss-reactive ketones (excluding diaryl/α,β-unsaturated/α-hetero) is 1. The summed E-state index contributed by atoms with van der Waals surface area (Å²) >= 11 is 0. The van der Waals surface area contributed by atoms with Gasteiger partial charge in [-0.05, 0) is 44.2 Å². The second kappa shape index (κ2) is 5.58. The maximum atomic E-state index is 12.5. The number of hydrogen-bond acceptors (Lipinski definition) is 4. The van der Waals surface area contributed by atoms with Crippen LogP contribution in [0.2, 0.25) is 0 Å². The summed E-state index contributed by atoms with van der Waals surface area (Å²) in [5, 5.41) is 11.2. The minimum absolute atomic E-state index is 0.0974. The standard InChI is InChI=1S/C18H24O4/c1-11(19)18-9-5-4-6-12(18)10-13-14(21-2)7-8-15(22-3)16(13)17(18)20/h7-8,12,17,20H,4-6,9-10H2,1-3H3/t12-,17-,18+/m0/s1. The smallest absolute Gasteiger partial charge is 0.139 e. The zero-order valence-corrected chi connectivity index (χ0v) is 13.5. The van der Waals surface area contributed by atoms with Crippen molar-refractivity contribution in [3.05, 3.63) is 23.3 Å². The molecule has 0 saturated heterocycles. The molecule has 1 N–H and O–H groups in total. The summed E-state index contributed by atoms with van der Waals surface area (Å²) in [7, 11) is 3.24. The van der Waals surface area contributed by atoms with Gasteiger partial charge in [-0.3, -0.25) is 4.79 Å². The van der Waals surface area contributed by atoms with Crippen LogP contribution in [0.3, 0.4) is 0 Å². The third-order valence-electron chi connectivity index (χ3n) is 5.70. The van der Waals surface area contributed by atoms with Gasteiger partial charge in [0.25, 0.3) is 0 Å². The van der Waals surface area contributed by atoms with Gasteiger partial charge >= 0.3 is 0 Å². The number of carbonyl (C=O) groups excluding carboxylic acids is 1. The van der Waals surface area contributed by atoms with Crippen LogP contribution in [-0.2, 0) is 11.2 Å². The molecule has 0 spiro atoms. The van der Waals surface area contributed by atoms with E-state index in [4.69, 9.17) is 9.47 Å². The zero-order chi connectivity index (χ0) is 15.9. The molecule has 0 aromatic heterocycles. The quantitative estimate of drug-likeness (QED) is 0.932. The second-order valence-corrected chi connectivity index (χ2v) is 6.51. The topological polar surface area (TPSA) is 55.8 Å². The number of fused-ring (bicyclic) bond motifs is 2. The van der Waals surface area contributed by atoms with E-state index in [2.05, 4.69) is 0 Å².